The third kappa shape index (κ3) is 6.16. The highest BCUT2D eigenvalue weighted by molar-refractivity contribution is 6.26. The Kier molecular flexibility index (Phi) is 8.72. The molecule has 0 radical (unpaired) electrons. The van der Waals surface area contributed by atoms with Crippen LogP contribution in [0.25, 0.3) is 111 Å². The van der Waals surface area contributed by atoms with Gasteiger partial charge in [-0.25, -0.2) is 4.39 Å². The van der Waals surface area contributed by atoms with Gasteiger partial charge >= 0.3 is 0 Å². The van der Waals surface area contributed by atoms with Crippen LogP contribution in [0.1, 0.15) is 0 Å². The maximum atomic E-state index is 17.3. The van der Waals surface area contributed by atoms with Crippen LogP contribution in [0.15, 0.2) is 237 Å². The summed E-state index contributed by atoms with van der Waals surface area (Å²) in [6, 6.07) is 82.6. The van der Waals surface area contributed by atoms with Gasteiger partial charge in [0.05, 0.1) is 22.1 Å². The molecule has 0 unspecified atom stereocenters. The number of aromatic nitrogens is 2. The van der Waals surface area contributed by atoms with E-state index in [0.717, 1.165) is 88.4 Å². The molecule has 10 aromatic carbocycles. The van der Waals surface area contributed by atoms with Crippen LogP contribution in [0.3, 0.4) is 0 Å². The van der Waals surface area contributed by atoms with E-state index in [9.17, 15) is 0 Å². The third-order valence-electron chi connectivity index (χ3n) is 12.6. The Morgan fingerprint density at radius 1 is 0.270 bits per heavy atom. The van der Waals surface area contributed by atoms with Gasteiger partial charge in [-0.1, -0.05) is 182 Å². The Bertz CT molecular complexity index is 3670. The zero-order valence-corrected chi connectivity index (χ0v) is 34.3. The second-order valence-corrected chi connectivity index (χ2v) is 16.2. The molecular weight excluding hydrogens is 768 g/mol. The molecule has 0 aliphatic rings. The Morgan fingerprint density at radius 3 is 1.38 bits per heavy atom. The lowest BCUT2D eigenvalue weighted by molar-refractivity contribution is 0.634. The first-order chi connectivity index (χ1) is 31.2. The van der Waals surface area contributed by atoms with Crippen molar-refractivity contribution in [2.45, 2.75) is 0 Å². The minimum Gasteiger partial charge on any atom is -0.309 e. The topological polar surface area (TPSA) is 9.86 Å². The first-order valence-electron chi connectivity index (χ1n) is 21.4. The van der Waals surface area contributed by atoms with Gasteiger partial charge in [-0.2, -0.15) is 0 Å². The van der Waals surface area contributed by atoms with Gasteiger partial charge in [0.2, 0.25) is 0 Å². The number of rotatable bonds is 7. The smallest absolute Gasteiger partial charge is 0.138 e. The second-order valence-electron chi connectivity index (χ2n) is 16.2. The van der Waals surface area contributed by atoms with Crippen molar-refractivity contribution < 1.29 is 4.39 Å². The molecule has 12 aromatic rings. The lowest BCUT2D eigenvalue weighted by atomic mass is 9.94. The first kappa shape index (κ1) is 36.6. The van der Waals surface area contributed by atoms with Gasteiger partial charge in [0.1, 0.15) is 5.82 Å². The molecule has 3 heteroatoms. The van der Waals surface area contributed by atoms with Crippen LogP contribution in [0.4, 0.5) is 4.39 Å². The van der Waals surface area contributed by atoms with Gasteiger partial charge in [-0.3, -0.25) is 0 Å². The fraction of sp³-hybridized carbons (Fsp3) is 0. The Balaban J connectivity index is 1.12. The highest BCUT2D eigenvalue weighted by atomic mass is 19.1. The SMILES string of the molecule is Fc1c(-c2ccccc2)cc(-n2c3ccccc3c3ccc4c(c5ccccc5n4-c4cccc(-c5cccc(-c6ccccc6)c5)c4)c32)cc1-c1cccc(-c2ccccc2)c1. The van der Waals surface area contributed by atoms with Crippen molar-refractivity contribution in [3.63, 3.8) is 0 Å². The summed E-state index contributed by atoms with van der Waals surface area (Å²) in [6.07, 6.45) is 0. The van der Waals surface area contributed by atoms with Gasteiger partial charge in [-0.15, -0.1) is 0 Å². The lowest BCUT2D eigenvalue weighted by Gasteiger charge is -2.16. The molecular formula is C60H39FN2. The molecule has 296 valence electrons. The van der Waals surface area contributed by atoms with E-state index in [1.165, 1.54) is 11.1 Å². The Morgan fingerprint density at radius 2 is 0.730 bits per heavy atom. The highest BCUT2D eigenvalue weighted by Crippen LogP contribution is 2.44. The summed E-state index contributed by atoms with van der Waals surface area (Å²) >= 11 is 0. The van der Waals surface area contributed by atoms with E-state index >= 15 is 4.39 Å². The number of fused-ring (bicyclic) bond motifs is 7. The summed E-state index contributed by atoms with van der Waals surface area (Å²) in [5, 5.41) is 4.59. The molecule has 0 saturated heterocycles. The lowest BCUT2D eigenvalue weighted by Crippen LogP contribution is -1.99. The van der Waals surface area contributed by atoms with E-state index in [1.54, 1.807) is 0 Å². The zero-order valence-electron chi connectivity index (χ0n) is 34.3. The molecule has 0 N–H and O–H groups in total. The molecule has 63 heavy (non-hydrogen) atoms. The van der Waals surface area contributed by atoms with Crippen LogP contribution in [0.2, 0.25) is 0 Å². The van der Waals surface area contributed by atoms with E-state index in [1.807, 2.05) is 72.8 Å². The van der Waals surface area contributed by atoms with Crippen molar-refractivity contribution in [2.75, 3.05) is 0 Å². The molecule has 2 nitrogen and oxygen atoms in total. The number of nitrogens with zero attached hydrogens (tertiary/aromatic N) is 2. The van der Waals surface area contributed by atoms with Crippen LogP contribution < -0.4 is 0 Å². The average molecular weight is 807 g/mol. The first-order valence-corrected chi connectivity index (χ1v) is 21.4. The highest BCUT2D eigenvalue weighted by Gasteiger charge is 2.23. The number of hydrogen-bond donors (Lipinski definition) is 0. The van der Waals surface area contributed by atoms with Crippen molar-refractivity contribution in [3.8, 4) is 67.0 Å². The van der Waals surface area contributed by atoms with Crippen LogP contribution in [-0.2, 0) is 0 Å². The van der Waals surface area contributed by atoms with Gasteiger partial charge in [0.15, 0.2) is 0 Å². The summed E-state index contributed by atoms with van der Waals surface area (Å²) in [6.45, 7) is 0. The number of benzene rings is 10. The Labute approximate surface area is 365 Å². The van der Waals surface area contributed by atoms with Crippen LogP contribution >= 0.6 is 0 Å². The van der Waals surface area contributed by atoms with Gasteiger partial charge in [-0.05, 0) is 99.1 Å². The molecule has 0 fully saturated rings. The minimum absolute atomic E-state index is 0.244. The third-order valence-corrected chi connectivity index (χ3v) is 12.6. The van der Waals surface area contributed by atoms with Gasteiger partial charge < -0.3 is 9.13 Å². The fourth-order valence-corrected chi connectivity index (χ4v) is 9.66. The van der Waals surface area contributed by atoms with E-state index in [-0.39, 0.29) is 5.82 Å². The standard InChI is InChI=1S/C60H39FN2/c61-59-53(42-21-8-3-9-22-42)38-49(39-54(59)47-27-15-24-44(36-47)41-19-6-2-7-20-41)63-55-31-12-10-29-50(55)51-33-34-57-58(60(51)63)52-30-11-13-32-56(52)62(57)48-28-16-26-46(37-48)45-25-14-23-43(35-45)40-17-4-1-5-18-40/h1-39H. The molecule has 0 aliphatic carbocycles. The quantitative estimate of drug-likeness (QED) is 0.152. The van der Waals surface area contributed by atoms with Crippen molar-refractivity contribution in [2.24, 2.45) is 0 Å². The van der Waals surface area contributed by atoms with Crippen molar-refractivity contribution >= 4 is 43.6 Å². The molecule has 0 saturated carbocycles. The summed E-state index contributed by atoms with van der Waals surface area (Å²) in [7, 11) is 0. The summed E-state index contributed by atoms with van der Waals surface area (Å²) < 4.78 is 22.1. The maximum Gasteiger partial charge on any atom is 0.138 e. The number of halogens is 1. The van der Waals surface area contributed by atoms with E-state index in [0.29, 0.717) is 11.1 Å². The predicted octanol–water partition coefficient (Wildman–Crippen LogP) is 16.4. The average Bonchev–Trinajstić information content (AvgIpc) is 3.88. The molecule has 2 heterocycles. The van der Waals surface area contributed by atoms with Crippen molar-refractivity contribution in [1.29, 1.82) is 0 Å². The van der Waals surface area contributed by atoms with Gasteiger partial charge in [0, 0.05) is 44.0 Å². The largest absolute Gasteiger partial charge is 0.309 e. The van der Waals surface area contributed by atoms with Crippen LogP contribution in [0, 0.1) is 5.82 Å². The summed E-state index contributed by atoms with van der Waals surface area (Å²) in [5.41, 5.74) is 15.9. The van der Waals surface area contributed by atoms with Crippen molar-refractivity contribution in [1.82, 2.24) is 9.13 Å². The second kappa shape index (κ2) is 15.0. The Hall–Kier alpha value is -8.27. The van der Waals surface area contributed by atoms with E-state index in [2.05, 4.69) is 173 Å². The zero-order chi connectivity index (χ0) is 41.9. The normalized spacial score (nSPS) is 11.6. The fourth-order valence-electron chi connectivity index (χ4n) is 9.66. The van der Waals surface area contributed by atoms with E-state index < -0.39 is 0 Å². The number of para-hydroxylation sites is 2. The minimum atomic E-state index is -0.244. The summed E-state index contributed by atoms with van der Waals surface area (Å²) in [5.74, 6) is -0.244. The molecule has 0 aliphatic heterocycles. The molecule has 0 atom stereocenters. The van der Waals surface area contributed by atoms with E-state index in [4.69, 9.17) is 0 Å². The van der Waals surface area contributed by atoms with Crippen LogP contribution in [-0.4, -0.2) is 9.13 Å². The monoisotopic (exact) mass is 806 g/mol. The number of hydrogen-bond acceptors (Lipinski definition) is 0. The molecule has 0 bridgehead atoms. The molecule has 0 spiro atoms. The van der Waals surface area contributed by atoms with Crippen LogP contribution in [0.5, 0.6) is 0 Å². The predicted molar refractivity (Wildman–Crippen MR) is 262 cm³/mol. The summed E-state index contributed by atoms with van der Waals surface area (Å²) in [4.78, 5) is 0. The molecule has 2 aromatic heterocycles. The maximum absolute atomic E-state index is 17.3. The van der Waals surface area contributed by atoms with Crippen molar-refractivity contribution in [3.05, 3.63) is 242 Å². The molecule has 12 rings (SSSR count). The molecule has 0 amide bonds. The van der Waals surface area contributed by atoms with Gasteiger partial charge in [0.25, 0.3) is 0 Å².